The second-order valence-electron chi connectivity index (χ2n) is 3.44. The van der Waals surface area contributed by atoms with E-state index in [9.17, 15) is 0 Å². The Morgan fingerprint density at radius 1 is 1.25 bits per heavy atom. The molecule has 3 N–H and O–H groups in total. The summed E-state index contributed by atoms with van der Waals surface area (Å²) in [6, 6.07) is 8.21. The summed E-state index contributed by atoms with van der Waals surface area (Å²) in [7, 11) is 0. The molecule has 66 valence electrons. The lowest BCUT2D eigenvalue weighted by Gasteiger charge is -2.05. The lowest BCUT2D eigenvalue weighted by Crippen LogP contribution is -2.06. The molecule has 2 heteroatoms. The molecule has 0 heterocycles. The van der Waals surface area contributed by atoms with Crippen LogP contribution in [0.5, 0.6) is 0 Å². The Hall–Kier alpha value is -1.02. The summed E-state index contributed by atoms with van der Waals surface area (Å²) < 4.78 is 0. The molecule has 0 saturated carbocycles. The molecule has 1 aromatic carbocycles. The Labute approximate surface area is 73.8 Å². The van der Waals surface area contributed by atoms with Crippen molar-refractivity contribution in [3.63, 3.8) is 0 Å². The fourth-order valence-corrected chi connectivity index (χ4v) is 1.21. The highest BCUT2D eigenvalue weighted by Gasteiger charge is 1.96. The SMILES string of the molecule is CC(C)Cc1ccc(NN)cc1. The predicted molar refractivity (Wildman–Crippen MR) is 52.8 cm³/mol. The van der Waals surface area contributed by atoms with Crippen LogP contribution in [0, 0.1) is 5.92 Å². The predicted octanol–water partition coefficient (Wildman–Crippen LogP) is 2.17. The molecule has 0 aliphatic heterocycles. The Morgan fingerprint density at radius 3 is 2.25 bits per heavy atom. The first-order valence-corrected chi connectivity index (χ1v) is 4.28. The molecule has 1 aromatic rings. The van der Waals surface area contributed by atoms with E-state index in [1.807, 2.05) is 12.1 Å². The van der Waals surface area contributed by atoms with E-state index in [2.05, 4.69) is 31.4 Å². The molecule has 0 radical (unpaired) electrons. The van der Waals surface area contributed by atoms with Crippen LogP contribution < -0.4 is 11.3 Å². The normalized spacial score (nSPS) is 10.3. The molecule has 0 spiro atoms. The zero-order chi connectivity index (χ0) is 8.97. The van der Waals surface area contributed by atoms with E-state index in [4.69, 9.17) is 5.84 Å². The molecule has 0 aliphatic rings. The van der Waals surface area contributed by atoms with Gasteiger partial charge in [0.1, 0.15) is 0 Å². The fraction of sp³-hybridized carbons (Fsp3) is 0.400. The van der Waals surface area contributed by atoms with Crippen molar-refractivity contribution >= 4 is 5.69 Å². The number of nitrogens with one attached hydrogen (secondary N) is 1. The monoisotopic (exact) mass is 164 g/mol. The minimum atomic E-state index is 0.710. The van der Waals surface area contributed by atoms with E-state index in [1.165, 1.54) is 5.56 Å². The zero-order valence-electron chi connectivity index (χ0n) is 7.67. The van der Waals surface area contributed by atoms with E-state index in [0.717, 1.165) is 12.1 Å². The van der Waals surface area contributed by atoms with Crippen LogP contribution >= 0.6 is 0 Å². The van der Waals surface area contributed by atoms with Crippen LogP contribution in [0.4, 0.5) is 5.69 Å². The van der Waals surface area contributed by atoms with Crippen LogP contribution in [0.3, 0.4) is 0 Å². The van der Waals surface area contributed by atoms with Crippen molar-refractivity contribution in [3.8, 4) is 0 Å². The summed E-state index contributed by atoms with van der Waals surface area (Å²) in [6.45, 7) is 4.43. The number of hydrazine groups is 1. The van der Waals surface area contributed by atoms with Gasteiger partial charge >= 0.3 is 0 Å². The van der Waals surface area contributed by atoms with Crippen LogP contribution in [0.25, 0.3) is 0 Å². The maximum Gasteiger partial charge on any atom is 0.0485 e. The molecule has 0 fully saturated rings. The van der Waals surface area contributed by atoms with Crippen molar-refractivity contribution in [3.05, 3.63) is 29.8 Å². The molecule has 0 amide bonds. The van der Waals surface area contributed by atoms with Crippen LogP contribution in [-0.4, -0.2) is 0 Å². The van der Waals surface area contributed by atoms with E-state index in [-0.39, 0.29) is 0 Å². The van der Waals surface area contributed by atoms with E-state index < -0.39 is 0 Å². The maximum atomic E-state index is 5.25. The molecule has 0 bridgehead atoms. The van der Waals surface area contributed by atoms with Gasteiger partial charge in [-0.2, -0.15) is 0 Å². The number of anilines is 1. The van der Waals surface area contributed by atoms with Crippen LogP contribution in [0.1, 0.15) is 19.4 Å². The average molecular weight is 164 g/mol. The molecular weight excluding hydrogens is 148 g/mol. The highest BCUT2D eigenvalue weighted by Crippen LogP contribution is 2.11. The van der Waals surface area contributed by atoms with Crippen molar-refractivity contribution in [2.75, 3.05) is 5.43 Å². The minimum Gasteiger partial charge on any atom is -0.324 e. The summed E-state index contributed by atoms with van der Waals surface area (Å²) in [5.74, 6) is 5.96. The number of hydrogen-bond acceptors (Lipinski definition) is 2. The lowest BCUT2D eigenvalue weighted by molar-refractivity contribution is 0.647. The number of nitrogen functional groups attached to an aromatic ring is 1. The summed E-state index contributed by atoms with van der Waals surface area (Å²) >= 11 is 0. The minimum absolute atomic E-state index is 0.710. The highest BCUT2D eigenvalue weighted by atomic mass is 15.2. The second kappa shape index (κ2) is 4.12. The average Bonchev–Trinajstić information content (AvgIpc) is 2.05. The van der Waals surface area contributed by atoms with E-state index in [0.29, 0.717) is 5.92 Å². The molecule has 0 atom stereocenters. The van der Waals surface area contributed by atoms with Gasteiger partial charge in [-0.15, -0.1) is 0 Å². The molecule has 0 aliphatic carbocycles. The van der Waals surface area contributed by atoms with E-state index in [1.54, 1.807) is 0 Å². The Balaban J connectivity index is 2.65. The van der Waals surface area contributed by atoms with Crippen LogP contribution in [0.2, 0.25) is 0 Å². The van der Waals surface area contributed by atoms with Gasteiger partial charge < -0.3 is 5.43 Å². The standard InChI is InChI=1S/C10H16N2/c1-8(2)7-9-3-5-10(12-11)6-4-9/h3-6,8,12H,7,11H2,1-2H3. The molecule has 1 rings (SSSR count). The van der Waals surface area contributed by atoms with Crippen molar-refractivity contribution in [1.29, 1.82) is 0 Å². The van der Waals surface area contributed by atoms with E-state index >= 15 is 0 Å². The van der Waals surface area contributed by atoms with Crippen molar-refractivity contribution in [1.82, 2.24) is 0 Å². The topological polar surface area (TPSA) is 38.0 Å². The first-order chi connectivity index (χ1) is 5.72. The number of hydrogen-bond donors (Lipinski definition) is 2. The van der Waals surface area contributed by atoms with Gasteiger partial charge in [0.15, 0.2) is 0 Å². The molecule has 2 nitrogen and oxygen atoms in total. The Bertz CT molecular complexity index is 226. The van der Waals surface area contributed by atoms with Gasteiger partial charge in [-0.1, -0.05) is 26.0 Å². The highest BCUT2D eigenvalue weighted by molar-refractivity contribution is 5.43. The van der Waals surface area contributed by atoms with Gasteiger partial charge in [0.25, 0.3) is 0 Å². The number of nitrogens with two attached hydrogens (primary N) is 1. The van der Waals surface area contributed by atoms with Gasteiger partial charge in [0.2, 0.25) is 0 Å². The summed E-state index contributed by atoms with van der Waals surface area (Å²) in [6.07, 6.45) is 1.13. The number of benzene rings is 1. The molecule has 0 unspecified atom stereocenters. The third kappa shape index (κ3) is 2.55. The van der Waals surface area contributed by atoms with Gasteiger partial charge in [-0.05, 0) is 30.0 Å². The Morgan fingerprint density at radius 2 is 1.83 bits per heavy atom. The largest absolute Gasteiger partial charge is 0.324 e. The summed E-state index contributed by atoms with van der Waals surface area (Å²) in [5.41, 5.74) is 4.93. The summed E-state index contributed by atoms with van der Waals surface area (Å²) in [5, 5.41) is 0. The first-order valence-electron chi connectivity index (χ1n) is 4.28. The Kier molecular flexibility index (Phi) is 3.11. The molecule has 12 heavy (non-hydrogen) atoms. The first kappa shape index (κ1) is 9.07. The van der Waals surface area contributed by atoms with Crippen LogP contribution in [0.15, 0.2) is 24.3 Å². The molecule has 0 saturated heterocycles. The third-order valence-corrected chi connectivity index (χ3v) is 1.76. The maximum absolute atomic E-state index is 5.25. The van der Waals surface area contributed by atoms with Gasteiger partial charge in [-0.25, -0.2) is 0 Å². The van der Waals surface area contributed by atoms with Crippen molar-refractivity contribution in [2.45, 2.75) is 20.3 Å². The van der Waals surface area contributed by atoms with Crippen LogP contribution in [-0.2, 0) is 6.42 Å². The molecule has 0 aromatic heterocycles. The van der Waals surface area contributed by atoms with Crippen molar-refractivity contribution < 1.29 is 0 Å². The fourth-order valence-electron chi connectivity index (χ4n) is 1.21. The number of rotatable bonds is 3. The van der Waals surface area contributed by atoms with Crippen molar-refractivity contribution in [2.24, 2.45) is 11.8 Å². The second-order valence-corrected chi connectivity index (χ2v) is 3.44. The third-order valence-electron chi connectivity index (χ3n) is 1.76. The zero-order valence-corrected chi connectivity index (χ0v) is 7.67. The smallest absolute Gasteiger partial charge is 0.0485 e. The molecular formula is C10H16N2. The quantitative estimate of drug-likeness (QED) is 0.530. The lowest BCUT2D eigenvalue weighted by atomic mass is 10.0. The summed E-state index contributed by atoms with van der Waals surface area (Å²) in [4.78, 5) is 0. The van der Waals surface area contributed by atoms with Gasteiger partial charge in [0, 0.05) is 5.69 Å². The van der Waals surface area contributed by atoms with Gasteiger partial charge in [0.05, 0.1) is 0 Å². The van der Waals surface area contributed by atoms with Gasteiger partial charge in [-0.3, -0.25) is 5.84 Å².